The van der Waals surface area contributed by atoms with Crippen LogP contribution in [-0.2, 0) is 17.1 Å². The maximum Gasteiger partial charge on any atom is 2.00 e. The molecule has 52 heavy (non-hydrogen) atoms. The summed E-state index contributed by atoms with van der Waals surface area (Å²) in [6, 6.07) is 62.3. The average molecular weight is 721 g/mol. The van der Waals surface area contributed by atoms with Crippen molar-refractivity contribution in [3.05, 3.63) is 197 Å². The normalized spacial score (nSPS) is 9.85. The van der Waals surface area contributed by atoms with E-state index < -0.39 is 0 Å². The van der Waals surface area contributed by atoms with Gasteiger partial charge in [0.1, 0.15) is 0 Å². The van der Waals surface area contributed by atoms with E-state index in [0.29, 0.717) is 0 Å². The zero-order chi connectivity index (χ0) is 34.0. The standard InChI is InChI=1S/C35H25.C10H11N2.C2H6.2CH3.Fe/c1-6-16-26(17-7-1)31-32(27-18-8-2-9-19-27)34(29-22-12-4-13-23-29)35(30-24-14-5-15-25-30)33(31)28-20-10-3-11-21-28;1-12(2)10-6-7-11-9-5-3-4-8(9)10;1-2;;;/h1-25H;3-7H,1-2H3;1-2H3;2*1H3;/q2*-1;;2*-1;+2. The monoisotopic (exact) mass is 720 g/mol. The van der Waals surface area contributed by atoms with E-state index in [0.717, 1.165) is 5.69 Å². The minimum atomic E-state index is 0. The molecule has 0 fully saturated rings. The van der Waals surface area contributed by atoms with Crippen molar-refractivity contribution in [1.29, 1.82) is 0 Å². The van der Waals surface area contributed by atoms with Crippen LogP contribution >= 0.6 is 0 Å². The molecule has 2 nitrogen and oxygen atoms in total. The Morgan fingerprint density at radius 3 is 1.23 bits per heavy atom. The first kappa shape index (κ1) is 41.0. The van der Waals surface area contributed by atoms with Gasteiger partial charge in [0.25, 0.3) is 0 Å². The first-order valence-corrected chi connectivity index (χ1v) is 17.0. The zero-order valence-electron chi connectivity index (χ0n) is 31.1. The molecule has 2 aliphatic rings. The van der Waals surface area contributed by atoms with E-state index in [-0.39, 0.29) is 31.9 Å². The van der Waals surface area contributed by atoms with Crippen LogP contribution in [-0.4, -0.2) is 14.1 Å². The summed E-state index contributed by atoms with van der Waals surface area (Å²) >= 11 is 0. The van der Waals surface area contributed by atoms with Gasteiger partial charge in [-0.25, -0.2) is 0 Å². The van der Waals surface area contributed by atoms with Crippen LogP contribution in [0.15, 0.2) is 182 Å². The Hall–Kier alpha value is -5.47. The number of anilines is 1. The molecule has 0 saturated carbocycles. The molecule has 6 aromatic rings. The Bertz CT molecular complexity index is 1830. The molecule has 0 bridgehead atoms. The number of fused-ring (bicyclic) bond motifs is 1. The molecule has 8 rings (SSSR count). The van der Waals surface area contributed by atoms with Crippen molar-refractivity contribution >= 4 is 5.69 Å². The smallest absolute Gasteiger partial charge is 0.663 e. The largest absolute Gasteiger partial charge is 2.00 e. The van der Waals surface area contributed by atoms with Crippen LogP contribution in [0.25, 0.3) is 66.9 Å². The number of aromatic nitrogens is 1. The van der Waals surface area contributed by atoms with Crippen LogP contribution in [0.4, 0.5) is 5.69 Å². The Labute approximate surface area is 323 Å². The number of nitrogens with zero attached hydrogens (tertiary/aromatic N) is 2. The van der Waals surface area contributed by atoms with E-state index in [9.17, 15) is 0 Å². The second-order valence-electron chi connectivity index (χ2n) is 11.8. The second-order valence-corrected chi connectivity index (χ2v) is 11.8. The molecule has 1 aliphatic carbocycles. The van der Waals surface area contributed by atoms with E-state index in [4.69, 9.17) is 0 Å². The van der Waals surface area contributed by atoms with E-state index in [2.05, 4.69) is 168 Å². The molecule has 0 radical (unpaired) electrons. The summed E-state index contributed by atoms with van der Waals surface area (Å²) in [7, 11) is 4.09. The molecular formula is C49H48FeN2-2. The van der Waals surface area contributed by atoms with Gasteiger partial charge < -0.3 is 24.7 Å². The average Bonchev–Trinajstić information content (AvgIpc) is 3.81. The summed E-state index contributed by atoms with van der Waals surface area (Å²) in [5.74, 6) is 0. The molecular weight excluding hydrogens is 672 g/mol. The van der Waals surface area contributed by atoms with Crippen molar-refractivity contribution in [3.63, 3.8) is 0 Å². The predicted octanol–water partition coefficient (Wildman–Crippen LogP) is 13.5. The van der Waals surface area contributed by atoms with Gasteiger partial charge in [-0.1, -0.05) is 234 Å². The molecule has 0 saturated heterocycles. The zero-order valence-corrected chi connectivity index (χ0v) is 32.2. The Kier molecular flexibility index (Phi) is 15.6. The molecule has 3 heteroatoms. The molecule has 0 unspecified atom stereocenters. The molecule has 264 valence electrons. The summed E-state index contributed by atoms with van der Waals surface area (Å²) in [6.45, 7) is 4.00. The quantitative estimate of drug-likeness (QED) is 0.126. The fourth-order valence-corrected chi connectivity index (χ4v) is 6.50. The molecule has 0 atom stereocenters. The van der Waals surface area contributed by atoms with Gasteiger partial charge in [-0.2, -0.15) is 6.20 Å². The van der Waals surface area contributed by atoms with Crippen LogP contribution in [0.2, 0.25) is 0 Å². The Balaban J connectivity index is 0.000000364. The van der Waals surface area contributed by atoms with Gasteiger partial charge in [0.2, 0.25) is 0 Å². The molecule has 0 amide bonds. The molecule has 0 spiro atoms. The first-order valence-electron chi connectivity index (χ1n) is 17.0. The van der Waals surface area contributed by atoms with Crippen molar-refractivity contribution in [2.75, 3.05) is 19.0 Å². The fourth-order valence-electron chi connectivity index (χ4n) is 6.50. The van der Waals surface area contributed by atoms with Gasteiger partial charge in [-0.15, -0.1) is 5.69 Å². The maximum atomic E-state index is 4.26. The predicted molar refractivity (Wildman–Crippen MR) is 224 cm³/mol. The number of benzene rings is 5. The topological polar surface area (TPSA) is 17.3 Å². The molecule has 0 aromatic heterocycles. The minimum Gasteiger partial charge on any atom is -0.663 e. The summed E-state index contributed by atoms with van der Waals surface area (Å²) in [6.07, 6.45) is 1.84. The van der Waals surface area contributed by atoms with E-state index in [1.54, 1.807) is 0 Å². The molecule has 1 aliphatic heterocycles. The number of hydrogen-bond acceptors (Lipinski definition) is 1. The van der Waals surface area contributed by atoms with Gasteiger partial charge in [-0.3, -0.25) is 0 Å². The third-order valence-electron chi connectivity index (χ3n) is 8.56. The van der Waals surface area contributed by atoms with Crippen LogP contribution < -0.4 is 9.88 Å². The minimum absolute atomic E-state index is 0. The van der Waals surface area contributed by atoms with Gasteiger partial charge in [-0.05, 0) is 16.7 Å². The van der Waals surface area contributed by atoms with Gasteiger partial charge >= 0.3 is 17.1 Å². The van der Waals surface area contributed by atoms with E-state index in [1.807, 2.05) is 52.3 Å². The Morgan fingerprint density at radius 1 is 0.442 bits per heavy atom. The first-order chi connectivity index (χ1) is 24.2. The van der Waals surface area contributed by atoms with Crippen LogP contribution in [0.1, 0.15) is 13.8 Å². The third kappa shape index (κ3) is 8.69. The summed E-state index contributed by atoms with van der Waals surface area (Å²) in [4.78, 5) is 6.36. The number of hydrogen-bond donors (Lipinski definition) is 0. The Morgan fingerprint density at radius 2 is 0.827 bits per heavy atom. The van der Waals surface area contributed by atoms with E-state index in [1.165, 1.54) is 66.9 Å². The van der Waals surface area contributed by atoms with Crippen molar-refractivity contribution in [2.24, 2.45) is 0 Å². The van der Waals surface area contributed by atoms with Crippen molar-refractivity contribution in [2.45, 2.75) is 13.8 Å². The van der Waals surface area contributed by atoms with Crippen LogP contribution in [0.5, 0.6) is 0 Å². The SMILES string of the molecule is CC.CN(C)c1cc[n-]c2cccc1-2.[CH3-].[CH3-].[Fe+2].c1ccc(-c2c(-c3ccccc3)c(-c3ccccc3)[c-](-c3ccccc3)c2-c2ccccc2)cc1. The maximum absolute atomic E-state index is 4.26. The van der Waals surface area contributed by atoms with Crippen molar-refractivity contribution in [1.82, 2.24) is 4.98 Å². The van der Waals surface area contributed by atoms with Gasteiger partial charge in [0.05, 0.1) is 0 Å². The third-order valence-corrected chi connectivity index (χ3v) is 8.56. The molecule has 0 N–H and O–H groups in total. The number of rotatable bonds is 6. The van der Waals surface area contributed by atoms with Crippen LogP contribution in [0, 0.1) is 14.9 Å². The second kappa shape index (κ2) is 19.8. The number of pyridine rings is 1. The van der Waals surface area contributed by atoms with Gasteiger partial charge in [0, 0.05) is 19.8 Å². The van der Waals surface area contributed by atoms with Gasteiger partial charge in [0.15, 0.2) is 0 Å². The van der Waals surface area contributed by atoms with Crippen LogP contribution in [0.3, 0.4) is 0 Å². The fraction of sp³-hybridized carbons (Fsp3) is 0.0816. The van der Waals surface area contributed by atoms with Crippen molar-refractivity contribution < 1.29 is 17.1 Å². The van der Waals surface area contributed by atoms with E-state index >= 15 is 0 Å². The molecule has 6 aromatic carbocycles. The summed E-state index contributed by atoms with van der Waals surface area (Å²) in [5.41, 5.74) is 16.0. The molecule has 1 heterocycles. The summed E-state index contributed by atoms with van der Waals surface area (Å²) in [5, 5.41) is 0. The summed E-state index contributed by atoms with van der Waals surface area (Å²) < 4.78 is 0. The van der Waals surface area contributed by atoms with Crippen molar-refractivity contribution in [3.8, 4) is 66.9 Å².